The number of carbonyl (C=O) groups excluding carboxylic acids is 1. The van der Waals surface area contributed by atoms with E-state index in [2.05, 4.69) is 5.32 Å². The SMILES string of the molecule is Cc1ccc(NC(=O)CSc2ccc(F)cc2)c([N+](=O)[O-])c1. The number of halogens is 1. The summed E-state index contributed by atoms with van der Waals surface area (Å²) in [6.45, 7) is 1.74. The van der Waals surface area contributed by atoms with Crippen LogP contribution in [0.5, 0.6) is 0 Å². The minimum atomic E-state index is -0.532. The molecule has 114 valence electrons. The molecule has 0 spiro atoms. The van der Waals surface area contributed by atoms with E-state index < -0.39 is 4.92 Å². The molecule has 0 atom stereocenters. The van der Waals surface area contributed by atoms with Gasteiger partial charge in [-0.05, 0) is 42.8 Å². The quantitative estimate of drug-likeness (QED) is 0.517. The van der Waals surface area contributed by atoms with Crippen LogP contribution in [0.15, 0.2) is 47.4 Å². The summed E-state index contributed by atoms with van der Waals surface area (Å²) in [7, 11) is 0. The van der Waals surface area contributed by atoms with Crippen LogP contribution in [0, 0.1) is 22.9 Å². The second-order valence-electron chi connectivity index (χ2n) is 4.57. The minimum Gasteiger partial charge on any atom is -0.320 e. The van der Waals surface area contributed by atoms with Crippen molar-refractivity contribution in [1.82, 2.24) is 0 Å². The van der Waals surface area contributed by atoms with Crippen LogP contribution >= 0.6 is 11.8 Å². The van der Waals surface area contributed by atoms with E-state index in [0.29, 0.717) is 0 Å². The van der Waals surface area contributed by atoms with Gasteiger partial charge in [-0.15, -0.1) is 11.8 Å². The maximum absolute atomic E-state index is 12.8. The molecule has 2 aromatic rings. The number of nitrogens with zero attached hydrogens (tertiary/aromatic N) is 1. The van der Waals surface area contributed by atoms with Gasteiger partial charge in [-0.25, -0.2) is 4.39 Å². The van der Waals surface area contributed by atoms with Gasteiger partial charge in [0.1, 0.15) is 11.5 Å². The van der Waals surface area contributed by atoms with E-state index >= 15 is 0 Å². The number of rotatable bonds is 5. The van der Waals surface area contributed by atoms with Crippen molar-refractivity contribution >= 4 is 29.0 Å². The zero-order chi connectivity index (χ0) is 16.1. The lowest BCUT2D eigenvalue weighted by atomic mass is 10.2. The first-order valence-electron chi connectivity index (χ1n) is 6.39. The molecule has 22 heavy (non-hydrogen) atoms. The fraction of sp³-hybridized carbons (Fsp3) is 0.133. The van der Waals surface area contributed by atoms with Gasteiger partial charge in [-0.3, -0.25) is 14.9 Å². The molecular weight excluding hydrogens is 307 g/mol. The van der Waals surface area contributed by atoms with Crippen LogP contribution in [-0.4, -0.2) is 16.6 Å². The van der Waals surface area contributed by atoms with Crippen molar-refractivity contribution in [1.29, 1.82) is 0 Å². The fourth-order valence-corrected chi connectivity index (χ4v) is 2.46. The molecule has 0 aliphatic carbocycles. The van der Waals surface area contributed by atoms with E-state index in [9.17, 15) is 19.3 Å². The van der Waals surface area contributed by atoms with Crippen LogP contribution in [0.3, 0.4) is 0 Å². The van der Waals surface area contributed by atoms with Gasteiger partial charge in [-0.1, -0.05) is 6.07 Å². The van der Waals surface area contributed by atoms with E-state index in [1.807, 2.05) is 0 Å². The fourth-order valence-electron chi connectivity index (χ4n) is 1.76. The van der Waals surface area contributed by atoms with Crippen LogP contribution in [0.2, 0.25) is 0 Å². The number of hydrogen-bond donors (Lipinski definition) is 1. The Labute approximate surface area is 130 Å². The number of nitrogens with one attached hydrogen (secondary N) is 1. The zero-order valence-corrected chi connectivity index (χ0v) is 12.5. The van der Waals surface area contributed by atoms with Crippen LogP contribution in [0.4, 0.5) is 15.8 Å². The summed E-state index contributed by atoms with van der Waals surface area (Å²) >= 11 is 1.23. The van der Waals surface area contributed by atoms with Crippen molar-refractivity contribution in [3.05, 3.63) is 64.0 Å². The molecule has 0 heterocycles. The lowest BCUT2D eigenvalue weighted by Crippen LogP contribution is -2.15. The average molecular weight is 320 g/mol. The molecule has 0 saturated heterocycles. The summed E-state index contributed by atoms with van der Waals surface area (Å²) in [5.74, 6) is -0.623. The Morgan fingerprint density at radius 2 is 1.95 bits per heavy atom. The molecule has 0 aliphatic heterocycles. The molecule has 1 N–H and O–H groups in total. The monoisotopic (exact) mass is 320 g/mol. The third-order valence-corrected chi connectivity index (χ3v) is 3.82. The molecule has 1 amide bonds. The van der Waals surface area contributed by atoms with Crippen molar-refractivity contribution in [3.8, 4) is 0 Å². The first-order valence-corrected chi connectivity index (χ1v) is 7.37. The Balaban J connectivity index is 2.00. The topological polar surface area (TPSA) is 72.2 Å². The normalized spacial score (nSPS) is 10.3. The first kappa shape index (κ1) is 16.0. The second kappa shape index (κ2) is 7.04. The number of amides is 1. The van der Waals surface area contributed by atoms with E-state index in [-0.39, 0.29) is 28.9 Å². The Morgan fingerprint density at radius 1 is 1.27 bits per heavy atom. The lowest BCUT2D eigenvalue weighted by Gasteiger charge is -2.06. The number of hydrogen-bond acceptors (Lipinski definition) is 4. The van der Waals surface area contributed by atoms with Gasteiger partial charge in [0.05, 0.1) is 10.7 Å². The van der Waals surface area contributed by atoms with E-state index in [4.69, 9.17) is 0 Å². The number of aryl methyl sites for hydroxylation is 1. The maximum atomic E-state index is 12.8. The molecule has 0 fully saturated rings. The van der Waals surface area contributed by atoms with Crippen LogP contribution in [0.1, 0.15) is 5.56 Å². The second-order valence-corrected chi connectivity index (χ2v) is 5.62. The summed E-state index contributed by atoms with van der Waals surface area (Å²) in [6, 6.07) is 10.4. The van der Waals surface area contributed by atoms with E-state index in [1.54, 1.807) is 25.1 Å². The highest BCUT2D eigenvalue weighted by atomic mass is 32.2. The van der Waals surface area contributed by atoms with Crippen molar-refractivity contribution < 1.29 is 14.1 Å². The van der Waals surface area contributed by atoms with Crippen molar-refractivity contribution in [2.24, 2.45) is 0 Å². The molecular formula is C15H13FN2O3S. The lowest BCUT2D eigenvalue weighted by molar-refractivity contribution is -0.384. The maximum Gasteiger partial charge on any atom is 0.293 e. The first-order chi connectivity index (χ1) is 10.5. The molecule has 2 rings (SSSR count). The van der Waals surface area contributed by atoms with Crippen molar-refractivity contribution in [2.45, 2.75) is 11.8 Å². The Kier molecular flexibility index (Phi) is 5.11. The third kappa shape index (κ3) is 4.29. The average Bonchev–Trinajstić information content (AvgIpc) is 2.48. The number of anilines is 1. The van der Waals surface area contributed by atoms with Gasteiger partial charge in [0.25, 0.3) is 5.69 Å². The Morgan fingerprint density at radius 3 is 2.59 bits per heavy atom. The third-order valence-electron chi connectivity index (χ3n) is 2.81. The van der Waals surface area contributed by atoms with Crippen molar-refractivity contribution in [2.75, 3.05) is 11.1 Å². The van der Waals surface area contributed by atoms with Crippen LogP contribution in [0.25, 0.3) is 0 Å². The highest BCUT2D eigenvalue weighted by molar-refractivity contribution is 8.00. The van der Waals surface area contributed by atoms with Gasteiger partial charge in [0.2, 0.25) is 5.91 Å². The molecule has 2 aromatic carbocycles. The molecule has 7 heteroatoms. The predicted molar refractivity (Wildman–Crippen MR) is 83.6 cm³/mol. The van der Waals surface area contributed by atoms with Gasteiger partial charge >= 0.3 is 0 Å². The summed E-state index contributed by atoms with van der Waals surface area (Å²) in [4.78, 5) is 23.1. The number of nitro groups is 1. The molecule has 0 saturated carbocycles. The molecule has 0 unspecified atom stereocenters. The summed E-state index contributed by atoms with van der Waals surface area (Å²) in [5, 5.41) is 13.5. The van der Waals surface area contributed by atoms with Gasteiger partial charge in [0.15, 0.2) is 0 Å². The smallest absolute Gasteiger partial charge is 0.293 e. The number of carbonyl (C=O) groups is 1. The van der Waals surface area contributed by atoms with Crippen LogP contribution in [-0.2, 0) is 4.79 Å². The summed E-state index contributed by atoms with van der Waals surface area (Å²) in [5.41, 5.74) is 0.769. The van der Waals surface area contributed by atoms with Gasteiger partial charge < -0.3 is 5.32 Å². The van der Waals surface area contributed by atoms with E-state index in [1.165, 1.54) is 36.0 Å². The Hall–Kier alpha value is -2.41. The van der Waals surface area contributed by atoms with Crippen molar-refractivity contribution in [3.63, 3.8) is 0 Å². The summed E-state index contributed by atoms with van der Waals surface area (Å²) < 4.78 is 12.8. The van der Waals surface area contributed by atoms with Gasteiger partial charge in [-0.2, -0.15) is 0 Å². The largest absolute Gasteiger partial charge is 0.320 e. The van der Waals surface area contributed by atoms with Crippen LogP contribution < -0.4 is 5.32 Å². The predicted octanol–water partition coefficient (Wildman–Crippen LogP) is 3.77. The molecule has 0 aliphatic rings. The highest BCUT2D eigenvalue weighted by Crippen LogP contribution is 2.26. The highest BCUT2D eigenvalue weighted by Gasteiger charge is 2.16. The molecule has 5 nitrogen and oxygen atoms in total. The minimum absolute atomic E-state index is 0.0800. The van der Waals surface area contributed by atoms with Gasteiger partial charge in [0, 0.05) is 11.0 Å². The summed E-state index contributed by atoms with van der Waals surface area (Å²) in [6.07, 6.45) is 0. The zero-order valence-electron chi connectivity index (χ0n) is 11.7. The molecule has 0 bridgehead atoms. The standard InChI is InChI=1S/C15H13FN2O3S/c1-10-2-7-13(14(8-10)18(20)21)17-15(19)9-22-12-5-3-11(16)4-6-12/h2-8H,9H2,1H3,(H,17,19). The number of nitro benzene ring substituents is 1. The molecule has 0 radical (unpaired) electrons. The molecule has 0 aromatic heterocycles. The number of benzene rings is 2. The number of thioether (sulfide) groups is 1. The Bertz CT molecular complexity index is 704. The van der Waals surface area contributed by atoms with E-state index in [0.717, 1.165) is 10.5 Å².